The molecule has 1 N–H and O–H groups in total. The van der Waals surface area contributed by atoms with Crippen LogP contribution in [-0.2, 0) is 0 Å². The SMILES string of the molecule is C=C/C=C(\C=C/CC)Nc1ccc(-c2ccccc2)cc1. The van der Waals surface area contributed by atoms with Gasteiger partial charge in [-0.25, -0.2) is 0 Å². The molecule has 2 aromatic rings. The molecule has 0 aliphatic rings. The minimum absolute atomic E-state index is 1.02. The Morgan fingerprint density at radius 3 is 2.29 bits per heavy atom. The Balaban J connectivity index is 2.13. The molecular formula is C20H21N. The molecule has 0 atom stereocenters. The van der Waals surface area contributed by atoms with E-state index in [2.05, 4.69) is 79.5 Å². The van der Waals surface area contributed by atoms with Crippen molar-refractivity contribution in [2.24, 2.45) is 0 Å². The lowest BCUT2D eigenvalue weighted by Gasteiger charge is -2.08. The average Bonchev–Trinajstić information content (AvgIpc) is 2.54. The van der Waals surface area contributed by atoms with E-state index in [0.29, 0.717) is 0 Å². The average molecular weight is 275 g/mol. The van der Waals surface area contributed by atoms with Crippen LogP contribution in [0, 0.1) is 0 Å². The largest absolute Gasteiger partial charge is 0.356 e. The summed E-state index contributed by atoms with van der Waals surface area (Å²) in [6.45, 7) is 5.88. The van der Waals surface area contributed by atoms with Gasteiger partial charge in [0.25, 0.3) is 0 Å². The van der Waals surface area contributed by atoms with Crippen LogP contribution < -0.4 is 5.32 Å². The topological polar surface area (TPSA) is 12.0 Å². The predicted molar refractivity (Wildman–Crippen MR) is 93.2 cm³/mol. The quantitative estimate of drug-likeness (QED) is 0.657. The molecule has 0 fully saturated rings. The Kier molecular flexibility index (Phi) is 5.60. The van der Waals surface area contributed by atoms with Crippen LogP contribution in [0.25, 0.3) is 11.1 Å². The predicted octanol–water partition coefficient (Wildman–Crippen LogP) is 5.80. The van der Waals surface area contributed by atoms with E-state index < -0.39 is 0 Å². The number of anilines is 1. The van der Waals surface area contributed by atoms with Crippen LogP contribution in [0.4, 0.5) is 5.69 Å². The van der Waals surface area contributed by atoms with Crippen molar-refractivity contribution in [1.29, 1.82) is 0 Å². The van der Waals surface area contributed by atoms with E-state index in [1.807, 2.05) is 12.1 Å². The molecule has 21 heavy (non-hydrogen) atoms. The van der Waals surface area contributed by atoms with Crippen molar-refractivity contribution in [2.45, 2.75) is 13.3 Å². The van der Waals surface area contributed by atoms with Crippen LogP contribution in [0.15, 0.2) is 91.2 Å². The van der Waals surface area contributed by atoms with Gasteiger partial charge in [-0.15, -0.1) is 0 Å². The second-order valence-corrected chi connectivity index (χ2v) is 4.74. The first-order valence-electron chi connectivity index (χ1n) is 7.25. The number of nitrogens with one attached hydrogen (secondary N) is 1. The fourth-order valence-corrected chi connectivity index (χ4v) is 2.05. The molecule has 1 heteroatoms. The van der Waals surface area contributed by atoms with Gasteiger partial charge in [-0.3, -0.25) is 0 Å². The summed E-state index contributed by atoms with van der Waals surface area (Å²) in [5.74, 6) is 0. The molecule has 0 saturated carbocycles. The van der Waals surface area contributed by atoms with E-state index >= 15 is 0 Å². The van der Waals surface area contributed by atoms with E-state index in [1.165, 1.54) is 11.1 Å². The fourth-order valence-electron chi connectivity index (χ4n) is 2.05. The van der Waals surface area contributed by atoms with Crippen molar-refractivity contribution in [2.75, 3.05) is 5.32 Å². The standard InChI is InChI=1S/C20H21N/c1-3-5-12-19(9-4-2)21-20-15-13-18(14-16-20)17-10-7-6-8-11-17/h4-16,21H,2-3H2,1H3/b12-5-,19-9+. The van der Waals surface area contributed by atoms with Crippen LogP contribution >= 0.6 is 0 Å². The highest BCUT2D eigenvalue weighted by Crippen LogP contribution is 2.21. The third kappa shape index (κ3) is 4.50. The molecule has 0 aromatic heterocycles. The van der Waals surface area contributed by atoms with Gasteiger partial charge in [-0.2, -0.15) is 0 Å². The van der Waals surface area contributed by atoms with Gasteiger partial charge >= 0.3 is 0 Å². The van der Waals surface area contributed by atoms with Gasteiger partial charge in [-0.05, 0) is 41.8 Å². The Morgan fingerprint density at radius 1 is 1.00 bits per heavy atom. The third-order valence-electron chi connectivity index (χ3n) is 3.11. The van der Waals surface area contributed by atoms with Crippen molar-refractivity contribution < 1.29 is 0 Å². The summed E-state index contributed by atoms with van der Waals surface area (Å²) >= 11 is 0. The van der Waals surface area contributed by atoms with Gasteiger partial charge in [0.15, 0.2) is 0 Å². The zero-order chi connectivity index (χ0) is 14.9. The number of allylic oxidation sites excluding steroid dienone is 4. The maximum atomic E-state index is 3.75. The van der Waals surface area contributed by atoms with Gasteiger partial charge in [0.1, 0.15) is 0 Å². The lowest BCUT2D eigenvalue weighted by Crippen LogP contribution is -1.96. The molecule has 0 saturated heterocycles. The minimum atomic E-state index is 1.02. The highest BCUT2D eigenvalue weighted by Gasteiger charge is 1.98. The molecule has 0 heterocycles. The Morgan fingerprint density at radius 2 is 1.67 bits per heavy atom. The molecule has 106 valence electrons. The lowest BCUT2D eigenvalue weighted by atomic mass is 10.1. The molecule has 0 amide bonds. The van der Waals surface area contributed by atoms with Crippen LogP contribution in [0.5, 0.6) is 0 Å². The molecule has 0 radical (unpaired) electrons. The van der Waals surface area contributed by atoms with Crippen molar-refractivity contribution in [3.63, 3.8) is 0 Å². The summed E-state index contributed by atoms with van der Waals surface area (Å²) in [4.78, 5) is 0. The first-order valence-corrected chi connectivity index (χ1v) is 7.25. The van der Waals surface area contributed by atoms with Crippen LogP contribution in [0.3, 0.4) is 0 Å². The van der Waals surface area contributed by atoms with Crippen molar-refractivity contribution >= 4 is 5.69 Å². The molecule has 0 aliphatic heterocycles. The third-order valence-corrected chi connectivity index (χ3v) is 3.11. The van der Waals surface area contributed by atoms with Crippen LogP contribution in [0.1, 0.15) is 13.3 Å². The molecule has 2 rings (SSSR count). The second kappa shape index (κ2) is 7.91. The van der Waals surface area contributed by atoms with Crippen LogP contribution in [-0.4, -0.2) is 0 Å². The molecule has 0 bridgehead atoms. The van der Waals surface area contributed by atoms with Crippen molar-refractivity contribution in [1.82, 2.24) is 0 Å². The first-order chi connectivity index (χ1) is 10.3. The fraction of sp³-hybridized carbons (Fsp3) is 0.100. The van der Waals surface area contributed by atoms with E-state index in [9.17, 15) is 0 Å². The number of hydrogen-bond acceptors (Lipinski definition) is 1. The Labute approximate surface area is 127 Å². The molecule has 2 aromatic carbocycles. The monoisotopic (exact) mass is 275 g/mol. The zero-order valence-electron chi connectivity index (χ0n) is 12.4. The van der Waals surface area contributed by atoms with E-state index in [1.54, 1.807) is 6.08 Å². The number of hydrogen-bond donors (Lipinski definition) is 1. The van der Waals surface area contributed by atoms with Crippen LogP contribution in [0.2, 0.25) is 0 Å². The molecular weight excluding hydrogens is 254 g/mol. The van der Waals surface area contributed by atoms with Crippen molar-refractivity contribution in [3.8, 4) is 11.1 Å². The number of rotatable bonds is 6. The zero-order valence-corrected chi connectivity index (χ0v) is 12.4. The summed E-state index contributed by atoms with van der Waals surface area (Å²) in [5.41, 5.74) is 4.57. The Hall–Kier alpha value is -2.54. The van der Waals surface area contributed by atoms with Gasteiger partial charge < -0.3 is 5.32 Å². The van der Waals surface area contributed by atoms with Gasteiger partial charge in [-0.1, -0.05) is 68.1 Å². The second-order valence-electron chi connectivity index (χ2n) is 4.74. The van der Waals surface area contributed by atoms with Gasteiger partial charge in [0, 0.05) is 11.4 Å². The van der Waals surface area contributed by atoms with Gasteiger partial charge in [0.2, 0.25) is 0 Å². The molecule has 0 aliphatic carbocycles. The first kappa shape index (κ1) is 14.9. The molecule has 0 spiro atoms. The lowest BCUT2D eigenvalue weighted by molar-refractivity contribution is 1.22. The van der Waals surface area contributed by atoms with Crippen molar-refractivity contribution in [3.05, 3.63) is 91.2 Å². The summed E-state index contributed by atoms with van der Waals surface area (Å²) in [7, 11) is 0. The maximum Gasteiger partial charge on any atom is 0.0384 e. The van der Waals surface area contributed by atoms with E-state index in [0.717, 1.165) is 17.8 Å². The maximum absolute atomic E-state index is 3.75. The smallest absolute Gasteiger partial charge is 0.0384 e. The summed E-state index contributed by atoms with van der Waals surface area (Å²) < 4.78 is 0. The number of benzene rings is 2. The van der Waals surface area contributed by atoms with E-state index in [-0.39, 0.29) is 0 Å². The molecule has 1 nitrogen and oxygen atoms in total. The summed E-state index contributed by atoms with van der Waals surface area (Å²) in [5, 5.41) is 3.40. The summed E-state index contributed by atoms with van der Waals surface area (Å²) in [6.07, 6.45) is 8.98. The van der Waals surface area contributed by atoms with E-state index in [4.69, 9.17) is 0 Å². The molecule has 0 unspecified atom stereocenters. The highest BCUT2D eigenvalue weighted by molar-refractivity contribution is 5.66. The van der Waals surface area contributed by atoms with Gasteiger partial charge in [0.05, 0.1) is 0 Å². The normalized spacial score (nSPS) is 11.6. The Bertz CT molecular complexity index is 619. The highest BCUT2D eigenvalue weighted by atomic mass is 14.9. The summed E-state index contributed by atoms with van der Waals surface area (Å²) in [6, 6.07) is 18.8. The minimum Gasteiger partial charge on any atom is -0.356 e.